The lowest BCUT2D eigenvalue weighted by atomic mass is 9.71. The standard InChI is InChI=1S/C13H27NS/c1-13(2,3)11-5-7-12(8-6-11)14-9-4-10-15/h11-12,14-15H,4-10H2,1-3H3. The molecule has 0 aromatic rings. The fraction of sp³-hybridized carbons (Fsp3) is 1.00. The molecule has 1 aliphatic rings. The number of rotatable bonds is 4. The molecule has 1 saturated carbocycles. The van der Waals surface area contributed by atoms with Crippen LogP contribution in [0.1, 0.15) is 52.9 Å². The minimum absolute atomic E-state index is 0.510. The zero-order valence-electron chi connectivity index (χ0n) is 10.6. The van der Waals surface area contributed by atoms with Crippen molar-refractivity contribution in [2.24, 2.45) is 11.3 Å². The summed E-state index contributed by atoms with van der Waals surface area (Å²) in [5, 5.41) is 3.65. The summed E-state index contributed by atoms with van der Waals surface area (Å²) >= 11 is 4.23. The van der Waals surface area contributed by atoms with Gasteiger partial charge in [0.15, 0.2) is 0 Å². The van der Waals surface area contributed by atoms with E-state index in [-0.39, 0.29) is 0 Å². The molecule has 1 nitrogen and oxygen atoms in total. The molecule has 0 aromatic carbocycles. The molecule has 1 fully saturated rings. The molecule has 0 saturated heterocycles. The number of thiol groups is 1. The molecule has 0 aliphatic heterocycles. The molecule has 2 heteroatoms. The van der Waals surface area contributed by atoms with Crippen molar-refractivity contribution in [3.63, 3.8) is 0 Å². The maximum atomic E-state index is 4.23. The van der Waals surface area contributed by atoms with Gasteiger partial charge < -0.3 is 5.32 Å². The second-order valence-corrected chi connectivity index (χ2v) is 6.39. The lowest BCUT2D eigenvalue weighted by Crippen LogP contribution is -2.36. The molecule has 0 radical (unpaired) electrons. The van der Waals surface area contributed by atoms with E-state index in [4.69, 9.17) is 0 Å². The molecule has 0 amide bonds. The van der Waals surface area contributed by atoms with E-state index in [0.29, 0.717) is 5.41 Å². The lowest BCUT2D eigenvalue weighted by molar-refractivity contribution is 0.160. The number of hydrogen-bond acceptors (Lipinski definition) is 2. The number of nitrogens with one attached hydrogen (secondary N) is 1. The van der Waals surface area contributed by atoms with Gasteiger partial charge in [-0.25, -0.2) is 0 Å². The molecule has 0 spiro atoms. The maximum Gasteiger partial charge on any atom is 0.00672 e. The van der Waals surface area contributed by atoms with Gasteiger partial charge in [-0.2, -0.15) is 12.6 Å². The maximum absolute atomic E-state index is 4.23. The SMILES string of the molecule is CC(C)(C)C1CCC(NCCCS)CC1. The van der Waals surface area contributed by atoms with Crippen molar-refractivity contribution in [3.05, 3.63) is 0 Å². The molecule has 15 heavy (non-hydrogen) atoms. The predicted molar refractivity (Wildman–Crippen MR) is 71.7 cm³/mol. The smallest absolute Gasteiger partial charge is 0.00672 e. The fourth-order valence-electron chi connectivity index (χ4n) is 2.55. The summed E-state index contributed by atoms with van der Waals surface area (Å²) in [5.74, 6) is 1.94. The van der Waals surface area contributed by atoms with Gasteiger partial charge in [-0.1, -0.05) is 20.8 Å². The van der Waals surface area contributed by atoms with Crippen LogP contribution in [-0.2, 0) is 0 Å². The third-order valence-corrected chi connectivity index (χ3v) is 4.04. The van der Waals surface area contributed by atoms with Gasteiger partial charge in [0.25, 0.3) is 0 Å². The van der Waals surface area contributed by atoms with Crippen LogP contribution in [0.4, 0.5) is 0 Å². The molecule has 0 atom stereocenters. The monoisotopic (exact) mass is 229 g/mol. The Hall–Kier alpha value is 0.310. The van der Waals surface area contributed by atoms with Crippen LogP contribution in [0.25, 0.3) is 0 Å². The Morgan fingerprint density at radius 3 is 2.20 bits per heavy atom. The molecule has 1 rings (SSSR count). The Morgan fingerprint density at radius 2 is 1.73 bits per heavy atom. The van der Waals surface area contributed by atoms with Crippen LogP contribution < -0.4 is 5.32 Å². The van der Waals surface area contributed by atoms with Crippen molar-refractivity contribution < 1.29 is 0 Å². The quantitative estimate of drug-likeness (QED) is 0.555. The van der Waals surface area contributed by atoms with Gasteiger partial charge in [-0.05, 0) is 55.7 Å². The van der Waals surface area contributed by atoms with Gasteiger partial charge in [0.2, 0.25) is 0 Å². The lowest BCUT2D eigenvalue weighted by Gasteiger charge is -2.37. The molecule has 1 N–H and O–H groups in total. The van der Waals surface area contributed by atoms with Crippen molar-refractivity contribution in [2.45, 2.75) is 58.9 Å². The first kappa shape index (κ1) is 13.4. The van der Waals surface area contributed by atoms with Crippen molar-refractivity contribution >= 4 is 12.6 Å². The van der Waals surface area contributed by atoms with Crippen LogP contribution in [0.3, 0.4) is 0 Å². The van der Waals surface area contributed by atoms with Gasteiger partial charge in [0, 0.05) is 6.04 Å². The average Bonchev–Trinajstić information content (AvgIpc) is 2.18. The Bertz CT molecular complexity index is 166. The highest BCUT2D eigenvalue weighted by atomic mass is 32.1. The van der Waals surface area contributed by atoms with E-state index >= 15 is 0 Å². The van der Waals surface area contributed by atoms with Gasteiger partial charge in [0.1, 0.15) is 0 Å². The van der Waals surface area contributed by atoms with E-state index in [9.17, 15) is 0 Å². The first-order valence-electron chi connectivity index (χ1n) is 6.38. The summed E-state index contributed by atoms with van der Waals surface area (Å²) in [7, 11) is 0. The van der Waals surface area contributed by atoms with E-state index in [1.807, 2.05) is 0 Å². The van der Waals surface area contributed by atoms with Gasteiger partial charge in [0.05, 0.1) is 0 Å². The van der Waals surface area contributed by atoms with Crippen molar-refractivity contribution in [2.75, 3.05) is 12.3 Å². The van der Waals surface area contributed by atoms with Crippen LogP contribution in [0, 0.1) is 11.3 Å². The van der Waals surface area contributed by atoms with E-state index in [1.165, 1.54) is 32.1 Å². The van der Waals surface area contributed by atoms with Crippen LogP contribution in [-0.4, -0.2) is 18.3 Å². The third kappa shape index (κ3) is 4.78. The minimum Gasteiger partial charge on any atom is -0.314 e. The Balaban J connectivity index is 2.18. The first-order valence-corrected chi connectivity index (χ1v) is 7.01. The summed E-state index contributed by atoms with van der Waals surface area (Å²) in [6.07, 6.45) is 6.75. The van der Waals surface area contributed by atoms with Crippen molar-refractivity contribution in [1.82, 2.24) is 5.32 Å². The Labute approximate surface area is 101 Å². The second-order valence-electron chi connectivity index (χ2n) is 5.95. The van der Waals surface area contributed by atoms with Crippen LogP contribution in [0.5, 0.6) is 0 Å². The van der Waals surface area contributed by atoms with E-state index in [1.54, 1.807) is 0 Å². The molecule has 90 valence electrons. The highest BCUT2D eigenvalue weighted by Crippen LogP contribution is 2.37. The molecule has 1 aliphatic carbocycles. The average molecular weight is 229 g/mol. The van der Waals surface area contributed by atoms with Crippen LogP contribution in [0.2, 0.25) is 0 Å². The zero-order valence-corrected chi connectivity index (χ0v) is 11.4. The molecule has 0 aromatic heterocycles. The molecular weight excluding hydrogens is 202 g/mol. The van der Waals surface area contributed by atoms with E-state index < -0.39 is 0 Å². The van der Waals surface area contributed by atoms with E-state index in [0.717, 1.165) is 24.3 Å². The molecule has 0 heterocycles. The fourth-order valence-corrected chi connectivity index (χ4v) is 2.71. The molecule has 0 bridgehead atoms. The summed E-state index contributed by atoms with van der Waals surface area (Å²) in [4.78, 5) is 0. The third-order valence-electron chi connectivity index (χ3n) is 3.72. The largest absolute Gasteiger partial charge is 0.314 e. The van der Waals surface area contributed by atoms with Crippen molar-refractivity contribution in [1.29, 1.82) is 0 Å². The molecular formula is C13H27NS. The predicted octanol–water partition coefficient (Wildman–Crippen LogP) is 3.50. The Morgan fingerprint density at radius 1 is 1.13 bits per heavy atom. The minimum atomic E-state index is 0.510. The second kappa shape index (κ2) is 6.15. The van der Waals surface area contributed by atoms with Gasteiger partial charge >= 0.3 is 0 Å². The van der Waals surface area contributed by atoms with Crippen LogP contribution >= 0.6 is 12.6 Å². The van der Waals surface area contributed by atoms with Crippen molar-refractivity contribution in [3.8, 4) is 0 Å². The number of hydrogen-bond donors (Lipinski definition) is 2. The topological polar surface area (TPSA) is 12.0 Å². The highest BCUT2D eigenvalue weighted by Gasteiger charge is 2.29. The summed E-state index contributed by atoms with van der Waals surface area (Å²) in [5.41, 5.74) is 0.510. The summed E-state index contributed by atoms with van der Waals surface area (Å²) in [6.45, 7) is 8.29. The zero-order chi connectivity index (χ0) is 11.3. The van der Waals surface area contributed by atoms with Crippen LogP contribution in [0.15, 0.2) is 0 Å². The molecule has 0 unspecified atom stereocenters. The van der Waals surface area contributed by atoms with Gasteiger partial charge in [-0.3, -0.25) is 0 Å². The van der Waals surface area contributed by atoms with E-state index in [2.05, 4.69) is 38.7 Å². The first-order chi connectivity index (χ1) is 7.04. The summed E-state index contributed by atoms with van der Waals surface area (Å²) < 4.78 is 0. The van der Waals surface area contributed by atoms with Gasteiger partial charge in [-0.15, -0.1) is 0 Å². The normalized spacial score (nSPS) is 28.0. The Kier molecular flexibility index (Phi) is 5.48. The summed E-state index contributed by atoms with van der Waals surface area (Å²) in [6, 6.07) is 0.781. The highest BCUT2D eigenvalue weighted by molar-refractivity contribution is 7.80.